The normalized spacial score (nSPS) is 10.5. The summed E-state index contributed by atoms with van der Waals surface area (Å²) in [6, 6.07) is 6.64. The smallest absolute Gasteiger partial charge is 0.0255 e. The number of hydrogen-bond donors (Lipinski definition) is 0. The fraction of sp³-hybridized carbons (Fsp3) is 0.385. The molecule has 0 amide bonds. The van der Waals surface area contributed by atoms with E-state index in [4.69, 9.17) is 0 Å². The molecule has 0 heterocycles. The second-order valence-corrected chi connectivity index (χ2v) is 4.05. The van der Waals surface area contributed by atoms with Crippen molar-refractivity contribution in [2.45, 2.75) is 27.2 Å². The zero-order valence-electron chi connectivity index (χ0n) is 8.80. The zero-order valence-corrected chi connectivity index (χ0v) is 8.80. The van der Waals surface area contributed by atoms with Crippen molar-refractivity contribution in [1.29, 1.82) is 0 Å². The van der Waals surface area contributed by atoms with E-state index in [-0.39, 0.29) is 0 Å². The first kappa shape index (κ1) is 10.0. The molecule has 0 aliphatic heterocycles. The summed E-state index contributed by atoms with van der Waals surface area (Å²) in [5.74, 6) is 0.722. The van der Waals surface area contributed by atoms with Crippen LogP contribution >= 0.6 is 0 Å². The molecule has 0 fully saturated rings. The van der Waals surface area contributed by atoms with Crippen molar-refractivity contribution >= 4 is 6.08 Å². The lowest BCUT2D eigenvalue weighted by Crippen LogP contribution is -1.94. The van der Waals surface area contributed by atoms with E-state index in [1.165, 1.54) is 16.7 Å². The molecule has 1 aromatic rings. The molecule has 0 radical (unpaired) electrons. The first-order chi connectivity index (χ1) is 6.11. The minimum atomic E-state index is 0.722. The lowest BCUT2D eigenvalue weighted by atomic mass is 9.99. The van der Waals surface area contributed by atoms with Crippen LogP contribution in [0, 0.1) is 12.8 Å². The molecule has 0 bridgehead atoms. The monoisotopic (exact) mass is 174 g/mol. The number of rotatable bonds is 3. The summed E-state index contributed by atoms with van der Waals surface area (Å²) in [6.45, 7) is 10.4. The van der Waals surface area contributed by atoms with Crippen molar-refractivity contribution in [3.63, 3.8) is 0 Å². The van der Waals surface area contributed by atoms with Crippen molar-refractivity contribution < 1.29 is 0 Å². The molecule has 0 nitrogen and oxygen atoms in total. The van der Waals surface area contributed by atoms with E-state index in [1.807, 2.05) is 6.08 Å². The van der Waals surface area contributed by atoms with Crippen LogP contribution in [0.2, 0.25) is 0 Å². The molecule has 0 spiro atoms. The van der Waals surface area contributed by atoms with Gasteiger partial charge in [-0.15, -0.1) is 0 Å². The van der Waals surface area contributed by atoms with E-state index >= 15 is 0 Å². The largest absolute Gasteiger partial charge is 0.0985 e. The van der Waals surface area contributed by atoms with Gasteiger partial charge in [0.2, 0.25) is 0 Å². The number of aryl methyl sites for hydroxylation is 1. The molecule has 1 rings (SSSR count). The van der Waals surface area contributed by atoms with E-state index in [0.717, 1.165) is 12.3 Å². The Bertz CT molecular complexity index is 295. The highest BCUT2D eigenvalue weighted by Gasteiger charge is 1.99. The summed E-state index contributed by atoms with van der Waals surface area (Å²) in [6.07, 6.45) is 3.07. The molecular formula is C13H18. The van der Waals surface area contributed by atoms with Gasteiger partial charge in [0.25, 0.3) is 0 Å². The van der Waals surface area contributed by atoms with Crippen LogP contribution < -0.4 is 0 Å². The molecule has 0 saturated carbocycles. The van der Waals surface area contributed by atoms with Gasteiger partial charge in [-0.1, -0.05) is 50.3 Å². The first-order valence-electron chi connectivity index (χ1n) is 4.85. The van der Waals surface area contributed by atoms with Gasteiger partial charge < -0.3 is 0 Å². The molecule has 0 aromatic heterocycles. The second kappa shape index (κ2) is 4.27. The molecule has 0 saturated heterocycles. The Morgan fingerprint density at radius 2 is 2.00 bits per heavy atom. The van der Waals surface area contributed by atoms with Crippen molar-refractivity contribution in [1.82, 2.24) is 0 Å². The Balaban J connectivity index is 2.94. The van der Waals surface area contributed by atoms with Gasteiger partial charge in [0.15, 0.2) is 0 Å². The van der Waals surface area contributed by atoms with Crippen LogP contribution in [0.25, 0.3) is 6.08 Å². The summed E-state index contributed by atoms with van der Waals surface area (Å²) in [4.78, 5) is 0. The van der Waals surface area contributed by atoms with Gasteiger partial charge in [0, 0.05) is 0 Å². The second-order valence-electron chi connectivity index (χ2n) is 4.05. The first-order valence-corrected chi connectivity index (χ1v) is 4.85. The van der Waals surface area contributed by atoms with Gasteiger partial charge in [0.05, 0.1) is 0 Å². The Labute approximate surface area is 81.3 Å². The topological polar surface area (TPSA) is 0 Å². The quantitative estimate of drug-likeness (QED) is 0.653. The predicted octanol–water partition coefficient (Wildman–Crippen LogP) is 3.84. The van der Waals surface area contributed by atoms with Crippen LogP contribution in [-0.2, 0) is 6.42 Å². The van der Waals surface area contributed by atoms with E-state index < -0.39 is 0 Å². The summed E-state index contributed by atoms with van der Waals surface area (Å²) < 4.78 is 0. The minimum absolute atomic E-state index is 0.722. The Morgan fingerprint density at radius 1 is 1.31 bits per heavy atom. The maximum Gasteiger partial charge on any atom is -0.0255 e. The minimum Gasteiger partial charge on any atom is -0.0985 e. The molecule has 0 aliphatic carbocycles. The third-order valence-corrected chi connectivity index (χ3v) is 2.04. The van der Waals surface area contributed by atoms with Crippen molar-refractivity contribution in [2.24, 2.45) is 5.92 Å². The molecule has 0 unspecified atom stereocenters. The third-order valence-electron chi connectivity index (χ3n) is 2.04. The van der Waals surface area contributed by atoms with E-state index in [9.17, 15) is 0 Å². The maximum absolute atomic E-state index is 3.79. The van der Waals surface area contributed by atoms with Gasteiger partial charge >= 0.3 is 0 Å². The van der Waals surface area contributed by atoms with Crippen molar-refractivity contribution in [3.05, 3.63) is 41.5 Å². The summed E-state index contributed by atoms with van der Waals surface area (Å²) in [7, 11) is 0. The van der Waals surface area contributed by atoms with Crippen LogP contribution in [0.15, 0.2) is 24.8 Å². The maximum atomic E-state index is 3.79. The van der Waals surface area contributed by atoms with Gasteiger partial charge in [-0.25, -0.2) is 0 Å². The van der Waals surface area contributed by atoms with Gasteiger partial charge in [-0.3, -0.25) is 0 Å². The van der Waals surface area contributed by atoms with Crippen LogP contribution in [0.1, 0.15) is 30.5 Å². The van der Waals surface area contributed by atoms with Gasteiger partial charge in [0.1, 0.15) is 0 Å². The highest BCUT2D eigenvalue weighted by atomic mass is 14.0. The lowest BCUT2D eigenvalue weighted by molar-refractivity contribution is 0.647. The number of benzene rings is 1. The predicted molar refractivity (Wildman–Crippen MR) is 59.8 cm³/mol. The Morgan fingerprint density at radius 3 is 2.54 bits per heavy atom. The highest BCUT2D eigenvalue weighted by molar-refractivity contribution is 5.49. The average Bonchev–Trinajstić information content (AvgIpc) is 2.01. The third kappa shape index (κ3) is 3.06. The molecule has 0 aliphatic rings. The summed E-state index contributed by atoms with van der Waals surface area (Å²) in [5.41, 5.74) is 3.98. The summed E-state index contributed by atoms with van der Waals surface area (Å²) in [5, 5.41) is 0. The summed E-state index contributed by atoms with van der Waals surface area (Å²) >= 11 is 0. The fourth-order valence-corrected chi connectivity index (χ4v) is 1.60. The van der Waals surface area contributed by atoms with Crippen LogP contribution in [0.4, 0.5) is 0 Å². The molecule has 1 aromatic carbocycles. The van der Waals surface area contributed by atoms with E-state index in [0.29, 0.717) is 0 Å². The Kier molecular flexibility index (Phi) is 3.30. The van der Waals surface area contributed by atoms with E-state index in [2.05, 4.69) is 45.5 Å². The van der Waals surface area contributed by atoms with Gasteiger partial charge in [-0.05, 0) is 30.4 Å². The number of hydrogen-bond acceptors (Lipinski definition) is 0. The average molecular weight is 174 g/mol. The molecule has 70 valence electrons. The molecule has 0 heteroatoms. The lowest BCUT2D eigenvalue weighted by Gasteiger charge is -2.07. The zero-order chi connectivity index (χ0) is 9.84. The Hall–Kier alpha value is -1.04. The van der Waals surface area contributed by atoms with Crippen LogP contribution in [-0.4, -0.2) is 0 Å². The SMILES string of the molecule is C=Cc1cc(C)cc(CC(C)C)c1. The van der Waals surface area contributed by atoms with Crippen molar-refractivity contribution in [2.75, 3.05) is 0 Å². The standard InChI is InChI=1S/C13H18/c1-5-12-7-11(4)8-13(9-12)6-10(2)3/h5,7-10H,1,6H2,2-4H3. The van der Waals surface area contributed by atoms with E-state index in [1.54, 1.807) is 0 Å². The molecule has 0 N–H and O–H groups in total. The van der Waals surface area contributed by atoms with Crippen molar-refractivity contribution in [3.8, 4) is 0 Å². The van der Waals surface area contributed by atoms with Crippen LogP contribution in [0.3, 0.4) is 0 Å². The van der Waals surface area contributed by atoms with Crippen LogP contribution in [0.5, 0.6) is 0 Å². The molecule has 0 atom stereocenters. The molecular weight excluding hydrogens is 156 g/mol. The highest BCUT2D eigenvalue weighted by Crippen LogP contribution is 2.14. The van der Waals surface area contributed by atoms with Gasteiger partial charge in [-0.2, -0.15) is 0 Å². The molecule has 13 heavy (non-hydrogen) atoms. The fourth-order valence-electron chi connectivity index (χ4n) is 1.60.